The highest BCUT2D eigenvalue weighted by molar-refractivity contribution is 7.81. The lowest BCUT2D eigenvalue weighted by molar-refractivity contribution is -0.0320. The van der Waals surface area contributed by atoms with Crippen molar-refractivity contribution in [3.05, 3.63) is 0 Å². The van der Waals surface area contributed by atoms with Gasteiger partial charge in [-0.1, -0.05) is 64.2 Å². The van der Waals surface area contributed by atoms with E-state index in [9.17, 15) is 0 Å². The van der Waals surface area contributed by atoms with Crippen LogP contribution in [0.2, 0.25) is 0 Å². The van der Waals surface area contributed by atoms with E-state index in [-0.39, 0.29) is 4.87 Å². The summed E-state index contributed by atoms with van der Waals surface area (Å²) in [5.41, 5.74) is 0. The molecule has 3 fully saturated rings. The Balaban J connectivity index is 1.85. The molecule has 0 aromatic rings. The normalized spacial score (nSPS) is 32.8. The fraction of sp³-hybridized carbons (Fsp3) is 1.00. The molecule has 0 saturated carbocycles. The second kappa shape index (κ2) is 9.43. The van der Waals surface area contributed by atoms with Crippen LogP contribution in [-0.4, -0.2) is 45.2 Å². The predicted octanol–water partition coefficient (Wildman–Crippen LogP) is 5.63. The first-order valence-corrected chi connectivity index (χ1v) is 11.6. The van der Waals surface area contributed by atoms with E-state index in [4.69, 9.17) is 12.6 Å². The summed E-state index contributed by atoms with van der Waals surface area (Å²) in [5.74, 6) is 0. The van der Waals surface area contributed by atoms with E-state index in [1.165, 1.54) is 103 Å². The Labute approximate surface area is 161 Å². The molecular formula is C21H41N3S. The minimum atomic E-state index is -0.0451. The maximum absolute atomic E-state index is 5.08. The Hall–Kier alpha value is 0.230. The molecule has 0 spiro atoms. The lowest BCUT2D eigenvalue weighted by Crippen LogP contribution is -2.50. The van der Waals surface area contributed by atoms with E-state index in [1.54, 1.807) is 0 Å². The van der Waals surface area contributed by atoms with E-state index in [1.807, 2.05) is 0 Å². The summed E-state index contributed by atoms with van der Waals surface area (Å²) in [6.45, 7) is 7.13. The van der Waals surface area contributed by atoms with Gasteiger partial charge in [0.15, 0.2) is 0 Å². The van der Waals surface area contributed by atoms with Crippen LogP contribution in [0.1, 0.15) is 104 Å². The van der Waals surface area contributed by atoms with Gasteiger partial charge in [0.25, 0.3) is 0 Å². The third-order valence-electron chi connectivity index (χ3n) is 6.49. The molecule has 3 rings (SSSR count). The summed E-state index contributed by atoms with van der Waals surface area (Å²) in [7, 11) is 0. The minimum absolute atomic E-state index is 0.0451. The van der Waals surface area contributed by atoms with Crippen LogP contribution in [0.4, 0.5) is 0 Å². The van der Waals surface area contributed by atoms with Crippen molar-refractivity contribution in [2.24, 2.45) is 0 Å². The number of hydrogen-bond donors (Lipinski definition) is 1. The van der Waals surface area contributed by atoms with Gasteiger partial charge in [-0.2, -0.15) is 12.6 Å². The SMILES string of the molecule is CC(C)(S)N1C2CCCCCCCCCN2N2CCCCCCCC21. The lowest BCUT2D eigenvalue weighted by Gasteiger charge is -2.40. The van der Waals surface area contributed by atoms with Crippen LogP contribution in [0.5, 0.6) is 0 Å². The van der Waals surface area contributed by atoms with Crippen molar-refractivity contribution in [2.75, 3.05) is 13.1 Å². The quantitative estimate of drug-likeness (QED) is 0.602. The molecule has 4 heteroatoms. The first-order valence-electron chi connectivity index (χ1n) is 11.1. The summed E-state index contributed by atoms with van der Waals surface area (Å²) in [5, 5.41) is 5.57. The number of hydrogen-bond acceptors (Lipinski definition) is 4. The summed E-state index contributed by atoms with van der Waals surface area (Å²) < 4.78 is 0. The molecule has 3 aliphatic heterocycles. The highest BCUT2D eigenvalue weighted by atomic mass is 32.1. The van der Waals surface area contributed by atoms with Crippen LogP contribution in [0, 0.1) is 0 Å². The Morgan fingerprint density at radius 3 is 1.36 bits per heavy atom. The van der Waals surface area contributed by atoms with E-state index < -0.39 is 0 Å². The van der Waals surface area contributed by atoms with Gasteiger partial charge in [-0.25, -0.2) is 10.0 Å². The molecule has 25 heavy (non-hydrogen) atoms. The first kappa shape index (κ1) is 20.0. The van der Waals surface area contributed by atoms with Gasteiger partial charge in [0.1, 0.15) is 0 Å². The van der Waals surface area contributed by atoms with Crippen LogP contribution >= 0.6 is 12.6 Å². The zero-order valence-electron chi connectivity index (χ0n) is 16.8. The fourth-order valence-corrected chi connectivity index (χ4v) is 5.57. The van der Waals surface area contributed by atoms with E-state index in [0.29, 0.717) is 12.3 Å². The molecule has 2 unspecified atom stereocenters. The molecular weight excluding hydrogens is 326 g/mol. The molecule has 2 atom stereocenters. The molecule has 3 saturated heterocycles. The molecule has 3 aliphatic rings. The molecule has 0 bridgehead atoms. The maximum atomic E-state index is 5.08. The van der Waals surface area contributed by atoms with E-state index in [0.717, 1.165) is 0 Å². The van der Waals surface area contributed by atoms with Gasteiger partial charge in [-0.05, 0) is 39.5 Å². The molecule has 0 radical (unpaired) electrons. The smallest absolute Gasteiger partial charge is 0.0785 e. The molecule has 146 valence electrons. The topological polar surface area (TPSA) is 9.72 Å². The number of hydrazine groups is 1. The summed E-state index contributed by atoms with van der Waals surface area (Å²) in [6, 6.07) is 0. The molecule has 0 amide bonds. The van der Waals surface area contributed by atoms with Crippen LogP contribution in [0.15, 0.2) is 0 Å². The highest BCUT2D eigenvalue weighted by Crippen LogP contribution is 2.40. The van der Waals surface area contributed by atoms with Crippen molar-refractivity contribution in [3.8, 4) is 0 Å². The Kier molecular flexibility index (Phi) is 7.54. The number of rotatable bonds is 1. The number of thiol groups is 1. The summed E-state index contributed by atoms with van der Waals surface area (Å²) in [4.78, 5) is 2.73. The highest BCUT2D eigenvalue weighted by Gasteiger charge is 2.48. The molecule has 0 N–H and O–H groups in total. The minimum Gasteiger partial charge on any atom is -0.256 e. The standard InChI is InChI=1S/C21H41N3S/c1-21(2,25)24-19-15-11-7-4-3-5-9-13-17-22(19)23-18-14-10-6-8-12-16-20(23)24/h19-20,25H,3-18H2,1-2H3. The van der Waals surface area contributed by atoms with Crippen molar-refractivity contribution < 1.29 is 0 Å². The Bertz CT molecular complexity index is 395. The molecule has 3 heterocycles. The largest absolute Gasteiger partial charge is 0.256 e. The second-order valence-corrected chi connectivity index (χ2v) is 10.1. The lowest BCUT2D eigenvalue weighted by atomic mass is 10.1. The third kappa shape index (κ3) is 5.15. The van der Waals surface area contributed by atoms with Crippen molar-refractivity contribution in [1.29, 1.82) is 0 Å². The van der Waals surface area contributed by atoms with Gasteiger partial charge < -0.3 is 0 Å². The van der Waals surface area contributed by atoms with Crippen LogP contribution in [0.25, 0.3) is 0 Å². The predicted molar refractivity (Wildman–Crippen MR) is 111 cm³/mol. The third-order valence-corrected chi connectivity index (χ3v) is 6.72. The first-order chi connectivity index (χ1) is 12.1. The van der Waals surface area contributed by atoms with Gasteiger partial charge in [-0.3, -0.25) is 4.90 Å². The van der Waals surface area contributed by atoms with Gasteiger partial charge in [0.2, 0.25) is 0 Å². The van der Waals surface area contributed by atoms with Crippen molar-refractivity contribution in [2.45, 2.75) is 121 Å². The zero-order chi connectivity index (χ0) is 17.7. The average Bonchev–Trinajstić information content (AvgIpc) is 2.87. The molecule has 0 aliphatic carbocycles. The summed E-state index contributed by atoms with van der Waals surface area (Å²) >= 11 is 5.08. The second-order valence-electron chi connectivity index (χ2n) is 9.01. The van der Waals surface area contributed by atoms with Gasteiger partial charge in [0, 0.05) is 13.1 Å². The Morgan fingerprint density at radius 2 is 0.960 bits per heavy atom. The van der Waals surface area contributed by atoms with Crippen molar-refractivity contribution >= 4 is 12.6 Å². The van der Waals surface area contributed by atoms with Gasteiger partial charge >= 0.3 is 0 Å². The van der Waals surface area contributed by atoms with Gasteiger partial charge in [0.05, 0.1) is 17.2 Å². The molecule has 0 aromatic carbocycles. The van der Waals surface area contributed by atoms with Crippen molar-refractivity contribution in [1.82, 2.24) is 14.9 Å². The summed E-state index contributed by atoms with van der Waals surface area (Å²) in [6.07, 6.45) is 20.6. The van der Waals surface area contributed by atoms with E-state index >= 15 is 0 Å². The van der Waals surface area contributed by atoms with Crippen LogP contribution in [0.3, 0.4) is 0 Å². The van der Waals surface area contributed by atoms with Crippen molar-refractivity contribution in [3.63, 3.8) is 0 Å². The van der Waals surface area contributed by atoms with E-state index in [2.05, 4.69) is 28.8 Å². The number of nitrogens with zero attached hydrogens (tertiary/aromatic N) is 3. The average molecular weight is 368 g/mol. The van der Waals surface area contributed by atoms with Crippen LogP contribution < -0.4 is 0 Å². The maximum Gasteiger partial charge on any atom is 0.0785 e. The molecule has 0 aromatic heterocycles. The zero-order valence-corrected chi connectivity index (χ0v) is 17.7. The Morgan fingerprint density at radius 1 is 0.600 bits per heavy atom. The monoisotopic (exact) mass is 367 g/mol. The number of fused-ring (bicyclic) bond motifs is 3. The molecule has 3 nitrogen and oxygen atoms in total. The van der Waals surface area contributed by atoms with Crippen LogP contribution in [-0.2, 0) is 0 Å². The van der Waals surface area contributed by atoms with Gasteiger partial charge in [-0.15, -0.1) is 0 Å². The fourth-order valence-electron chi connectivity index (χ4n) is 5.30.